The Bertz CT molecular complexity index is 784. The fourth-order valence-corrected chi connectivity index (χ4v) is 3.85. The Morgan fingerprint density at radius 3 is 2.21 bits per heavy atom. The van der Waals surface area contributed by atoms with Gasteiger partial charge in [0, 0.05) is 0 Å². The fourth-order valence-electron chi connectivity index (χ4n) is 3.85. The number of hydrogen-bond donors (Lipinski definition) is 2. The van der Waals surface area contributed by atoms with Crippen molar-refractivity contribution in [3.05, 3.63) is 64.2 Å². The van der Waals surface area contributed by atoms with Crippen LogP contribution in [0.15, 0.2) is 42.0 Å². The number of rotatable bonds is 2. The third kappa shape index (κ3) is 2.93. The molecule has 2 unspecified atom stereocenters. The Labute approximate surface area is 144 Å². The first-order valence-corrected chi connectivity index (χ1v) is 8.66. The van der Waals surface area contributed by atoms with E-state index in [0.29, 0.717) is 23.3 Å². The standard InChI is InChI=1S/C22H26O2/c1-13-11-18(17-5-7-19(23)8-6-17)12-21(14(13)2)20-9-10-22(24)16(4)15(20)3/h5-10,13,18,23-24H,11-12H2,1-4H3. The molecular formula is C22H26O2. The maximum absolute atomic E-state index is 9.96. The van der Waals surface area contributed by atoms with Gasteiger partial charge in [-0.3, -0.25) is 0 Å². The van der Waals surface area contributed by atoms with Gasteiger partial charge in [-0.25, -0.2) is 0 Å². The molecule has 0 saturated heterocycles. The van der Waals surface area contributed by atoms with Crippen molar-refractivity contribution in [2.75, 3.05) is 0 Å². The highest BCUT2D eigenvalue weighted by Crippen LogP contribution is 2.45. The molecule has 0 aromatic heterocycles. The molecule has 0 heterocycles. The predicted molar refractivity (Wildman–Crippen MR) is 99.4 cm³/mol. The fraction of sp³-hybridized carbons (Fsp3) is 0.364. The van der Waals surface area contributed by atoms with E-state index in [1.165, 1.54) is 27.8 Å². The van der Waals surface area contributed by atoms with Crippen molar-refractivity contribution >= 4 is 5.57 Å². The summed E-state index contributed by atoms with van der Waals surface area (Å²) in [6.07, 6.45) is 2.14. The van der Waals surface area contributed by atoms with Gasteiger partial charge in [0.05, 0.1) is 0 Å². The van der Waals surface area contributed by atoms with E-state index in [1.807, 2.05) is 25.1 Å². The molecular weight excluding hydrogens is 296 g/mol. The summed E-state index contributed by atoms with van der Waals surface area (Å²) in [7, 11) is 0. The van der Waals surface area contributed by atoms with E-state index in [4.69, 9.17) is 0 Å². The van der Waals surface area contributed by atoms with Crippen LogP contribution in [0.5, 0.6) is 11.5 Å². The monoisotopic (exact) mass is 322 g/mol. The van der Waals surface area contributed by atoms with Gasteiger partial charge in [-0.1, -0.05) is 30.7 Å². The summed E-state index contributed by atoms with van der Waals surface area (Å²) < 4.78 is 0. The summed E-state index contributed by atoms with van der Waals surface area (Å²) in [5.74, 6) is 1.68. The lowest BCUT2D eigenvalue weighted by molar-refractivity contribution is 0.470. The van der Waals surface area contributed by atoms with Crippen LogP contribution in [0.4, 0.5) is 0 Å². The normalized spacial score (nSPS) is 21.2. The van der Waals surface area contributed by atoms with Crippen LogP contribution in [-0.2, 0) is 0 Å². The first-order chi connectivity index (χ1) is 11.4. The largest absolute Gasteiger partial charge is 0.508 e. The smallest absolute Gasteiger partial charge is 0.118 e. The molecule has 0 radical (unpaired) electrons. The number of hydrogen-bond acceptors (Lipinski definition) is 2. The molecule has 2 N–H and O–H groups in total. The lowest BCUT2D eigenvalue weighted by atomic mass is 9.73. The average molecular weight is 322 g/mol. The zero-order valence-electron chi connectivity index (χ0n) is 14.9. The second-order valence-corrected chi connectivity index (χ2v) is 7.17. The van der Waals surface area contributed by atoms with E-state index < -0.39 is 0 Å². The zero-order valence-corrected chi connectivity index (χ0v) is 14.9. The highest BCUT2D eigenvalue weighted by molar-refractivity contribution is 5.74. The van der Waals surface area contributed by atoms with Gasteiger partial charge in [0.15, 0.2) is 0 Å². The van der Waals surface area contributed by atoms with Gasteiger partial charge < -0.3 is 10.2 Å². The highest BCUT2D eigenvalue weighted by Gasteiger charge is 2.27. The molecule has 1 aliphatic rings. The van der Waals surface area contributed by atoms with Crippen molar-refractivity contribution in [1.29, 1.82) is 0 Å². The van der Waals surface area contributed by atoms with Gasteiger partial charge in [-0.2, -0.15) is 0 Å². The number of benzene rings is 2. The quantitative estimate of drug-likeness (QED) is 0.744. The summed E-state index contributed by atoms with van der Waals surface area (Å²) in [4.78, 5) is 0. The van der Waals surface area contributed by atoms with Crippen molar-refractivity contribution in [1.82, 2.24) is 0 Å². The lowest BCUT2D eigenvalue weighted by Gasteiger charge is -2.32. The topological polar surface area (TPSA) is 40.5 Å². The van der Waals surface area contributed by atoms with Gasteiger partial charge in [0.2, 0.25) is 0 Å². The summed E-state index contributed by atoms with van der Waals surface area (Å²) in [6, 6.07) is 11.5. The summed E-state index contributed by atoms with van der Waals surface area (Å²) >= 11 is 0. The van der Waals surface area contributed by atoms with Gasteiger partial charge in [0.25, 0.3) is 0 Å². The second-order valence-electron chi connectivity index (χ2n) is 7.17. The lowest BCUT2D eigenvalue weighted by Crippen LogP contribution is -2.15. The van der Waals surface area contributed by atoms with Crippen LogP contribution in [-0.4, -0.2) is 10.2 Å². The van der Waals surface area contributed by atoms with Crippen LogP contribution in [0.1, 0.15) is 54.9 Å². The van der Waals surface area contributed by atoms with Crippen LogP contribution in [0.25, 0.3) is 5.57 Å². The molecule has 2 aromatic rings. The van der Waals surface area contributed by atoms with Crippen molar-refractivity contribution in [3.8, 4) is 11.5 Å². The van der Waals surface area contributed by atoms with Crippen molar-refractivity contribution in [3.63, 3.8) is 0 Å². The first-order valence-electron chi connectivity index (χ1n) is 8.66. The molecule has 1 aliphatic carbocycles. The van der Waals surface area contributed by atoms with Crippen molar-refractivity contribution in [2.45, 2.75) is 46.5 Å². The number of aromatic hydroxyl groups is 2. The number of phenols is 2. The van der Waals surface area contributed by atoms with E-state index in [9.17, 15) is 10.2 Å². The Morgan fingerprint density at radius 2 is 1.54 bits per heavy atom. The van der Waals surface area contributed by atoms with E-state index in [2.05, 4.69) is 26.8 Å². The predicted octanol–water partition coefficient (Wildman–Crippen LogP) is 5.70. The molecule has 0 spiro atoms. The molecule has 0 amide bonds. The molecule has 3 rings (SSSR count). The van der Waals surface area contributed by atoms with E-state index in [1.54, 1.807) is 12.1 Å². The minimum Gasteiger partial charge on any atom is -0.508 e. The molecule has 126 valence electrons. The van der Waals surface area contributed by atoms with Gasteiger partial charge >= 0.3 is 0 Å². The van der Waals surface area contributed by atoms with E-state index in [0.717, 1.165) is 18.4 Å². The average Bonchev–Trinajstić information content (AvgIpc) is 2.56. The SMILES string of the molecule is CC1=C(c2ccc(O)c(C)c2C)CC(c2ccc(O)cc2)CC1C. The number of phenolic OH excluding ortho intramolecular Hbond substituents is 2. The van der Waals surface area contributed by atoms with Crippen LogP contribution in [0.3, 0.4) is 0 Å². The molecule has 0 bridgehead atoms. The molecule has 0 aliphatic heterocycles. The molecule has 2 heteroatoms. The third-order valence-electron chi connectivity index (χ3n) is 5.75. The maximum Gasteiger partial charge on any atom is 0.118 e. The van der Waals surface area contributed by atoms with Crippen LogP contribution < -0.4 is 0 Å². The molecule has 2 aromatic carbocycles. The Balaban J connectivity index is 2.02. The minimum atomic E-state index is 0.319. The highest BCUT2D eigenvalue weighted by atomic mass is 16.3. The van der Waals surface area contributed by atoms with Crippen LogP contribution >= 0.6 is 0 Å². The Hall–Kier alpha value is -2.22. The summed E-state index contributed by atoms with van der Waals surface area (Å²) in [6.45, 7) is 8.62. The van der Waals surface area contributed by atoms with Crippen LogP contribution in [0.2, 0.25) is 0 Å². The van der Waals surface area contributed by atoms with Crippen molar-refractivity contribution < 1.29 is 10.2 Å². The molecule has 24 heavy (non-hydrogen) atoms. The zero-order chi connectivity index (χ0) is 17.4. The summed E-state index contributed by atoms with van der Waals surface area (Å²) in [5.41, 5.74) is 7.55. The second kappa shape index (κ2) is 6.35. The molecule has 2 atom stereocenters. The first kappa shape index (κ1) is 16.6. The molecule has 0 fully saturated rings. The summed E-state index contributed by atoms with van der Waals surface area (Å²) in [5, 5.41) is 19.5. The third-order valence-corrected chi connectivity index (χ3v) is 5.75. The Morgan fingerprint density at radius 1 is 0.875 bits per heavy atom. The van der Waals surface area contributed by atoms with Crippen LogP contribution in [0, 0.1) is 19.8 Å². The minimum absolute atomic E-state index is 0.319. The van der Waals surface area contributed by atoms with E-state index in [-0.39, 0.29) is 0 Å². The van der Waals surface area contributed by atoms with Gasteiger partial charge in [0.1, 0.15) is 11.5 Å². The van der Waals surface area contributed by atoms with Crippen molar-refractivity contribution in [2.24, 2.45) is 5.92 Å². The maximum atomic E-state index is 9.96. The molecule has 2 nitrogen and oxygen atoms in total. The molecule has 0 saturated carbocycles. The van der Waals surface area contributed by atoms with E-state index >= 15 is 0 Å². The number of allylic oxidation sites excluding steroid dienone is 2. The van der Waals surface area contributed by atoms with Gasteiger partial charge in [-0.05, 0) is 91.5 Å². The van der Waals surface area contributed by atoms with Gasteiger partial charge in [-0.15, -0.1) is 0 Å². The Kier molecular flexibility index (Phi) is 4.40.